The van der Waals surface area contributed by atoms with E-state index < -0.39 is 0 Å². The Morgan fingerprint density at radius 1 is 1.03 bits per heavy atom. The highest BCUT2D eigenvalue weighted by Crippen LogP contribution is 2.36. The van der Waals surface area contributed by atoms with Gasteiger partial charge >= 0.3 is 0 Å². The van der Waals surface area contributed by atoms with E-state index in [1.807, 2.05) is 48.6 Å². The Hall–Kier alpha value is -2.25. The number of halogens is 3. The van der Waals surface area contributed by atoms with Crippen molar-refractivity contribution in [1.29, 1.82) is 0 Å². The molecule has 6 nitrogen and oxygen atoms in total. The predicted octanol–water partition coefficient (Wildman–Crippen LogP) is 4.92. The zero-order valence-electron chi connectivity index (χ0n) is 17.6. The number of ether oxygens (including phenoxy) is 1. The maximum Gasteiger partial charge on any atom is 0.253 e. The number of benzene rings is 2. The van der Waals surface area contributed by atoms with E-state index in [4.69, 9.17) is 39.5 Å². The van der Waals surface area contributed by atoms with Crippen molar-refractivity contribution in [2.24, 2.45) is 7.05 Å². The average molecular weight is 494 g/mol. The minimum absolute atomic E-state index is 0.0236. The lowest BCUT2D eigenvalue weighted by molar-refractivity contribution is 0.0628. The lowest BCUT2D eigenvalue weighted by Gasteiger charge is -2.34. The van der Waals surface area contributed by atoms with Crippen LogP contribution in [-0.2, 0) is 20.2 Å². The topological polar surface area (TPSA) is 50.6 Å². The van der Waals surface area contributed by atoms with Crippen LogP contribution >= 0.6 is 34.8 Å². The Kier molecular flexibility index (Phi) is 7.26. The van der Waals surface area contributed by atoms with Crippen LogP contribution in [-0.4, -0.2) is 51.7 Å². The van der Waals surface area contributed by atoms with Crippen molar-refractivity contribution in [3.63, 3.8) is 0 Å². The first kappa shape index (κ1) is 22.9. The highest BCUT2D eigenvalue weighted by Gasteiger charge is 2.22. The highest BCUT2D eigenvalue weighted by molar-refractivity contribution is 6.40. The molecule has 32 heavy (non-hydrogen) atoms. The third kappa shape index (κ3) is 5.56. The Morgan fingerprint density at radius 2 is 1.75 bits per heavy atom. The average Bonchev–Trinajstić information content (AvgIpc) is 3.18. The maximum atomic E-state index is 13.0. The number of hydrogen-bond acceptors (Lipinski definition) is 4. The number of aromatic nitrogens is 2. The number of nitrogens with zero attached hydrogens (tertiary/aromatic N) is 4. The van der Waals surface area contributed by atoms with E-state index in [9.17, 15) is 4.79 Å². The van der Waals surface area contributed by atoms with Crippen molar-refractivity contribution in [2.45, 2.75) is 13.2 Å². The van der Waals surface area contributed by atoms with Gasteiger partial charge in [0.1, 0.15) is 6.61 Å². The van der Waals surface area contributed by atoms with Crippen molar-refractivity contribution >= 4 is 40.7 Å². The van der Waals surface area contributed by atoms with Gasteiger partial charge in [-0.05, 0) is 29.8 Å². The van der Waals surface area contributed by atoms with E-state index in [1.54, 1.807) is 16.8 Å². The monoisotopic (exact) mass is 492 g/mol. The zero-order valence-corrected chi connectivity index (χ0v) is 19.9. The SMILES string of the molecule is Cn1cc(CN2CCN(C(=O)c3cccc(COc4c(Cl)cc(Cl)cc4Cl)c3)CC2)cn1. The predicted molar refractivity (Wildman–Crippen MR) is 127 cm³/mol. The molecular formula is C23H23Cl3N4O2. The molecular weight excluding hydrogens is 471 g/mol. The number of aryl methyl sites for hydroxylation is 1. The normalized spacial score (nSPS) is 14.6. The van der Waals surface area contributed by atoms with Crippen molar-refractivity contribution in [2.75, 3.05) is 26.2 Å². The molecule has 0 saturated carbocycles. The van der Waals surface area contributed by atoms with Gasteiger partial charge in [-0.25, -0.2) is 0 Å². The molecule has 1 saturated heterocycles. The molecule has 1 aliphatic rings. The lowest BCUT2D eigenvalue weighted by atomic mass is 10.1. The summed E-state index contributed by atoms with van der Waals surface area (Å²) in [6, 6.07) is 10.6. The molecule has 0 aliphatic carbocycles. The summed E-state index contributed by atoms with van der Waals surface area (Å²) in [5.41, 5.74) is 2.68. The second-order valence-corrected chi connectivity index (χ2v) is 9.03. The van der Waals surface area contributed by atoms with E-state index in [0.717, 1.165) is 25.2 Å². The Balaban J connectivity index is 1.34. The second-order valence-electron chi connectivity index (χ2n) is 7.78. The fraction of sp³-hybridized carbons (Fsp3) is 0.304. The summed E-state index contributed by atoms with van der Waals surface area (Å²) in [5, 5.41) is 5.35. The standard InChI is InChI=1S/C23H23Cl3N4O2/c1-28-13-17(12-27-28)14-29-5-7-30(8-6-29)23(31)18-4-2-3-16(9-18)15-32-22-20(25)10-19(24)11-21(22)26/h2-4,9-13H,5-8,14-15H2,1H3. The Morgan fingerprint density at radius 3 is 2.41 bits per heavy atom. The van der Waals surface area contributed by atoms with Crippen molar-refractivity contribution < 1.29 is 9.53 Å². The van der Waals surface area contributed by atoms with Crippen LogP contribution in [0.25, 0.3) is 0 Å². The van der Waals surface area contributed by atoms with Gasteiger partial charge in [-0.1, -0.05) is 46.9 Å². The van der Waals surface area contributed by atoms with Crippen LogP contribution in [0, 0.1) is 0 Å². The van der Waals surface area contributed by atoms with Gasteiger partial charge in [-0.15, -0.1) is 0 Å². The summed E-state index contributed by atoms with van der Waals surface area (Å²) in [7, 11) is 1.91. The Labute approximate surface area is 202 Å². The highest BCUT2D eigenvalue weighted by atomic mass is 35.5. The molecule has 2 heterocycles. The first-order valence-electron chi connectivity index (χ1n) is 10.2. The summed E-state index contributed by atoms with van der Waals surface area (Å²) in [6.45, 7) is 4.12. The number of hydrogen-bond donors (Lipinski definition) is 0. The van der Waals surface area contributed by atoms with E-state index in [1.165, 1.54) is 5.56 Å². The minimum Gasteiger partial charge on any atom is -0.486 e. The van der Waals surface area contributed by atoms with Crippen LogP contribution in [0.15, 0.2) is 48.8 Å². The van der Waals surface area contributed by atoms with Crippen molar-refractivity contribution in [3.05, 3.63) is 80.6 Å². The first-order chi connectivity index (χ1) is 15.4. The number of amides is 1. The molecule has 0 spiro atoms. The summed E-state index contributed by atoms with van der Waals surface area (Å²) < 4.78 is 7.61. The molecule has 4 rings (SSSR count). The molecule has 0 bridgehead atoms. The van der Waals surface area contributed by atoms with E-state index in [2.05, 4.69) is 10.00 Å². The summed E-state index contributed by atoms with van der Waals surface area (Å²) in [4.78, 5) is 17.3. The molecule has 0 N–H and O–H groups in total. The van der Waals surface area contributed by atoms with Crippen LogP contribution in [0.4, 0.5) is 0 Å². The van der Waals surface area contributed by atoms with Crippen molar-refractivity contribution in [1.82, 2.24) is 19.6 Å². The van der Waals surface area contributed by atoms with Crippen LogP contribution in [0.3, 0.4) is 0 Å². The number of carbonyl (C=O) groups is 1. The number of piperazine rings is 1. The third-order valence-electron chi connectivity index (χ3n) is 5.34. The van der Waals surface area contributed by atoms with E-state index >= 15 is 0 Å². The summed E-state index contributed by atoms with van der Waals surface area (Å²) in [6.07, 6.45) is 3.91. The fourth-order valence-corrected chi connectivity index (χ4v) is 4.65. The van der Waals surface area contributed by atoms with Gasteiger partial charge in [0.25, 0.3) is 5.91 Å². The van der Waals surface area contributed by atoms with Crippen LogP contribution in [0.2, 0.25) is 15.1 Å². The number of carbonyl (C=O) groups excluding carboxylic acids is 1. The molecule has 1 amide bonds. The van der Waals surface area contributed by atoms with Crippen LogP contribution < -0.4 is 4.74 Å². The van der Waals surface area contributed by atoms with Gasteiger partial charge in [-0.2, -0.15) is 5.10 Å². The smallest absolute Gasteiger partial charge is 0.253 e. The summed E-state index contributed by atoms with van der Waals surface area (Å²) in [5.74, 6) is 0.398. The lowest BCUT2D eigenvalue weighted by Crippen LogP contribution is -2.48. The van der Waals surface area contributed by atoms with E-state index in [0.29, 0.717) is 39.5 Å². The zero-order chi connectivity index (χ0) is 22.7. The molecule has 168 valence electrons. The van der Waals surface area contributed by atoms with Crippen molar-refractivity contribution in [3.8, 4) is 5.75 Å². The third-order valence-corrected chi connectivity index (χ3v) is 6.12. The Bertz CT molecular complexity index is 1090. The quantitative estimate of drug-likeness (QED) is 0.489. The molecule has 9 heteroatoms. The molecule has 1 aliphatic heterocycles. The maximum absolute atomic E-state index is 13.0. The fourth-order valence-electron chi connectivity index (χ4n) is 3.72. The van der Waals surface area contributed by atoms with Crippen LogP contribution in [0.1, 0.15) is 21.5 Å². The molecule has 3 aromatic rings. The van der Waals surface area contributed by atoms with Gasteiger partial charge in [-0.3, -0.25) is 14.4 Å². The molecule has 1 fully saturated rings. The second kappa shape index (κ2) is 10.1. The molecule has 0 unspecified atom stereocenters. The first-order valence-corrected chi connectivity index (χ1v) is 11.4. The summed E-state index contributed by atoms with van der Waals surface area (Å²) >= 11 is 18.3. The van der Waals surface area contributed by atoms with Gasteiger partial charge < -0.3 is 9.64 Å². The van der Waals surface area contributed by atoms with Gasteiger partial charge in [0, 0.05) is 62.1 Å². The largest absolute Gasteiger partial charge is 0.486 e. The molecule has 2 aromatic carbocycles. The molecule has 0 atom stereocenters. The van der Waals surface area contributed by atoms with Gasteiger partial charge in [0.15, 0.2) is 5.75 Å². The molecule has 0 radical (unpaired) electrons. The van der Waals surface area contributed by atoms with E-state index in [-0.39, 0.29) is 12.5 Å². The van der Waals surface area contributed by atoms with Gasteiger partial charge in [0.05, 0.1) is 16.2 Å². The minimum atomic E-state index is 0.0236. The molecule has 1 aromatic heterocycles. The number of rotatable bonds is 6. The van der Waals surface area contributed by atoms with Crippen LogP contribution in [0.5, 0.6) is 5.75 Å². The van der Waals surface area contributed by atoms with Gasteiger partial charge in [0.2, 0.25) is 0 Å².